The van der Waals surface area contributed by atoms with Gasteiger partial charge in [-0.15, -0.1) is 11.6 Å². The van der Waals surface area contributed by atoms with E-state index in [1.807, 2.05) is 126 Å². The minimum Gasteiger partial charge on any atom is -0.870 e. The molecule has 4 aliphatic rings. The number of carbonyl (C=O) groups is 10. The molecule has 0 atom stereocenters. The summed E-state index contributed by atoms with van der Waals surface area (Å²) in [5.74, 6) is -5.15. The van der Waals surface area contributed by atoms with Crippen molar-refractivity contribution in [3.8, 4) is 0 Å². The van der Waals surface area contributed by atoms with Crippen LogP contribution in [0.15, 0.2) is 72.8 Å². The van der Waals surface area contributed by atoms with Crippen molar-refractivity contribution in [2.24, 2.45) is 5.73 Å². The molecule has 2 radical (unpaired) electrons. The van der Waals surface area contributed by atoms with Crippen LogP contribution in [0.4, 0.5) is 4.39 Å². The Bertz CT molecular complexity index is 3930. The standard InChI is InChI=1S/C28H46N4O6.C20H30N4O6.C18H29N5O4.C16H26N4O2.C6H11ClO2.C6H15N.CH3F.CH4O.2Mn.Na.H2O/c1-27(2,3)37-25(34)20-31-16-14-30(13-9-12-24(33)36-7)15-17-32(21-26(35)38-28(4,5)6)19-23-11-8-10-22(18-31)29-23;1-30-20(29)6-3-7-22-8-10-23(14-18(25)26)12-16-4-2-5-17(21-16)13-24(11-9-22)15-19(27)28;19-5-2-6-21-7-9-22(13-17(24)25)11-15-3-1-4-16(20-15)12-23(10-8-21)14-18(26)27;1-22-16(21)6-3-9-20-10-7-17-12-14-4-2-5-15(19-14)13-18-8-11-20;1-6(2,3)9-5(8)4-7;1-4-7(5-2)6-3;2*1-2;;;;/h8,10-11H,9,12-21H2,1-7H3;2,4-5H,3,6-15H2,1H3,(H,25,26)(H,27,28);1,3-4H,2,5-14,19H2,(H,24,25)(H,26,27);2,4-5,17-18H,3,6-13H2,1H3;4H2,1-3H3;4-6H2,1-3H3;1H3;2H,1H3;;;;1H2/q;;;;;;;;;;+1;/p-1/i;;;;;;1D;;;;;. The first-order valence-electron chi connectivity index (χ1n) is 47.7. The first kappa shape index (κ1) is 138. The van der Waals surface area contributed by atoms with Crippen molar-refractivity contribution in [2.45, 2.75) is 197 Å². The number of methoxy groups -OCH3 is 3. The maximum absolute atomic E-state index is 12.6. The van der Waals surface area contributed by atoms with Crippen LogP contribution in [0.1, 0.15) is 175 Å². The molecule has 8 rings (SSSR count). The first-order valence-corrected chi connectivity index (χ1v) is 47.5. The number of aromatic nitrogens is 4. The van der Waals surface area contributed by atoms with E-state index in [1.165, 1.54) is 41.0 Å². The summed E-state index contributed by atoms with van der Waals surface area (Å²) in [6.45, 7) is 45.9. The average molecular weight is 2110 g/mol. The molecule has 4 aromatic rings. The number of alkyl halides is 2. The third-order valence-electron chi connectivity index (χ3n) is 20.8. The molecule has 0 fully saturated rings. The van der Waals surface area contributed by atoms with E-state index < -0.39 is 47.8 Å². The monoisotopic (exact) mass is 2110 g/mol. The Morgan fingerprint density at radius 1 is 0.390 bits per heavy atom. The molecule has 4 aromatic heterocycles. The largest absolute Gasteiger partial charge is 1.00 e. The zero-order chi connectivity index (χ0) is 103. The predicted molar refractivity (Wildman–Crippen MR) is 525 cm³/mol. The predicted octanol–water partition coefficient (Wildman–Crippen LogP) is 2.74. The minimum atomic E-state index is -1.00. The van der Waals surface area contributed by atoms with E-state index in [0.29, 0.717) is 170 Å². The Kier molecular flexibility index (Phi) is 80.3. The van der Waals surface area contributed by atoms with Crippen LogP contribution in [-0.4, -0.2) is 419 Å². The maximum Gasteiger partial charge on any atom is 1.00 e. The number of esters is 6. The van der Waals surface area contributed by atoms with E-state index in [-0.39, 0.29) is 150 Å². The van der Waals surface area contributed by atoms with Crippen LogP contribution in [-0.2, 0) is 163 Å². The summed E-state index contributed by atoms with van der Waals surface area (Å²) in [5.41, 5.74) is 11.0. The van der Waals surface area contributed by atoms with Crippen LogP contribution in [0, 0.1) is 0 Å². The Hall–Kier alpha value is -7.08. The number of halogens is 2. The van der Waals surface area contributed by atoms with E-state index in [0.717, 1.165) is 118 Å². The van der Waals surface area contributed by atoms with Gasteiger partial charge < -0.3 is 100 Å². The Labute approximate surface area is 885 Å². The number of carboxylic acids is 4. The quantitative estimate of drug-likeness (QED) is 0.0155. The number of nitrogens with one attached hydrogen (secondary N) is 2. The molecular formula is C96H165ClFMn2N18NaO22. The molecule has 0 unspecified atom stereocenters. The van der Waals surface area contributed by atoms with Crippen LogP contribution < -0.4 is 45.9 Å². The molecule has 0 aromatic carbocycles. The summed E-state index contributed by atoms with van der Waals surface area (Å²) in [7, 11) is 4.19. The van der Waals surface area contributed by atoms with Crippen molar-refractivity contribution < 1.29 is 177 Å². The van der Waals surface area contributed by atoms with Gasteiger partial charge in [0.2, 0.25) is 0 Å². The number of carbonyl (C=O) groups excluding carboxylic acids is 6. The van der Waals surface area contributed by atoms with E-state index in [1.54, 1.807) is 20.8 Å². The second-order valence-corrected chi connectivity index (χ2v) is 36.0. The molecule has 10 N–H and O–H groups in total. The number of rotatable bonds is 31. The van der Waals surface area contributed by atoms with Crippen molar-refractivity contribution in [2.75, 3.05) is 238 Å². The Morgan fingerprint density at radius 3 is 0.809 bits per heavy atom. The fraction of sp³-hybridized carbons (Fsp3) is 0.688. The van der Waals surface area contributed by atoms with Crippen molar-refractivity contribution in [3.63, 3.8) is 0 Å². The Morgan fingerprint density at radius 2 is 0.603 bits per heavy atom. The van der Waals surface area contributed by atoms with Gasteiger partial charge in [-0.1, -0.05) is 45.0 Å². The van der Waals surface area contributed by atoms with Crippen molar-refractivity contribution in [3.05, 3.63) is 118 Å². The normalized spacial score (nSPS) is 15.6. The molecule has 8 heterocycles. The van der Waals surface area contributed by atoms with Gasteiger partial charge in [-0.2, -0.15) is 0 Å². The summed E-state index contributed by atoms with van der Waals surface area (Å²) < 4.78 is 45.6. The number of aliphatic hydroxyl groups excluding tert-OH is 1. The first-order chi connectivity index (χ1) is 65.5. The number of ether oxygens (including phenoxy) is 6. The summed E-state index contributed by atoms with van der Waals surface area (Å²) in [6.07, 6.45) is 4.09. The number of fused-ring (bicyclic) bond motifs is 8. The summed E-state index contributed by atoms with van der Waals surface area (Å²) in [5, 5.41) is 50.8. The van der Waals surface area contributed by atoms with Crippen LogP contribution in [0.5, 0.6) is 0 Å². The Balaban J connectivity index is -0.000000837. The molecule has 0 spiro atoms. The van der Waals surface area contributed by atoms with Crippen molar-refractivity contribution in [1.82, 2.24) is 84.5 Å². The van der Waals surface area contributed by atoms with Crippen LogP contribution in [0.25, 0.3) is 0 Å². The molecular weight excluding hydrogens is 1940 g/mol. The van der Waals surface area contributed by atoms with Crippen LogP contribution >= 0.6 is 11.6 Å². The SMILES string of the molecule is CC(C)(C)OC(=O)CCl.CCN(CC)CC.CO.COC(=O)CCCN1CCN(CC(=O)O)Cc2cccc(n2)CN(CC(=O)O)CC1.COC(=O)CCCN1CCN(CC(=O)OC(C)(C)C)Cc2cccc(n2)CN(CC(=O)OC(C)(C)C)CC1.COC(=O)CCCN1CCNCc2cccc(n2)CNCC1.NCCCN1CCN(CC(=O)O)Cc2cccc(n2)CN(CC(=O)O)CC1.[2H]CF.[Mn].[Mn].[Na+].[OH-]. The number of nitrogens with two attached hydrogens (primary N) is 1. The molecule has 141 heavy (non-hydrogen) atoms. The number of pyridine rings is 4. The van der Waals surface area contributed by atoms with Gasteiger partial charge in [0, 0.05) is 218 Å². The summed E-state index contributed by atoms with van der Waals surface area (Å²) in [4.78, 5) is 156. The van der Waals surface area contributed by atoms with E-state index in [4.69, 9.17) is 47.7 Å². The van der Waals surface area contributed by atoms with E-state index in [9.17, 15) is 72.8 Å². The molecule has 0 saturated carbocycles. The molecule has 800 valence electrons. The number of nitrogens with zero attached hydrogens (tertiary/aromatic N) is 15. The van der Waals surface area contributed by atoms with Gasteiger partial charge in [-0.3, -0.25) is 102 Å². The van der Waals surface area contributed by atoms with Crippen LogP contribution in [0.3, 0.4) is 0 Å². The van der Waals surface area contributed by atoms with Gasteiger partial charge in [-0.05, 0) is 189 Å². The van der Waals surface area contributed by atoms with Crippen molar-refractivity contribution in [1.29, 1.82) is 0 Å². The van der Waals surface area contributed by atoms with E-state index >= 15 is 0 Å². The van der Waals surface area contributed by atoms with Gasteiger partial charge in [0.25, 0.3) is 0 Å². The second-order valence-electron chi connectivity index (χ2n) is 35.7. The van der Waals surface area contributed by atoms with Gasteiger partial charge >= 0.3 is 89.3 Å². The molecule has 0 saturated heterocycles. The number of aliphatic carboxylic acids is 4. The number of carboxylic acid groups (broad SMARTS) is 4. The number of hydrogen-bond donors (Lipinski definition) is 8. The summed E-state index contributed by atoms with van der Waals surface area (Å²) >= 11 is 5.18. The smallest absolute Gasteiger partial charge is 0.870 e. The van der Waals surface area contributed by atoms with Crippen molar-refractivity contribution >= 4 is 71.3 Å². The topological polar surface area (TPSA) is 495 Å². The average Bonchev–Trinajstić information content (AvgIpc) is 0.868. The van der Waals surface area contributed by atoms with Gasteiger partial charge in [0.1, 0.15) is 22.7 Å². The third kappa shape index (κ3) is 73.6. The van der Waals surface area contributed by atoms with Gasteiger partial charge in [-0.25, -0.2) is 0 Å². The molecule has 8 bridgehead atoms. The molecule has 4 aliphatic heterocycles. The van der Waals surface area contributed by atoms with Crippen LogP contribution in [0.2, 0.25) is 0 Å². The van der Waals surface area contributed by atoms with E-state index in [2.05, 4.69) is 98.5 Å². The number of hydrogen-bond acceptors (Lipinski definition) is 36. The zero-order valence-corrected chi connectivity index (χ0v) is 91.8. The van der Waals surface area contributed by atoms with Gasteiger partial charge in [0.05, 0.1) is 115 Å². The summed E-state index contributed by atoms with van der Waals surface area (Å²) in [6, 6.07) is 23.2. The zero-order valence-electron chi connectivity index (χ0n) is 87.7. The molecule has 0 amide bonds. The fourth-order valence-corrected chi connectivity index (χ4v) is 14.4. The minimum absolute atomic E-state index is 0. The maximum atomic E-state index is 12.6. The van der Waals surface area contributed by atoms with Gasteiger partial charge in [0.15, 0.2) is 0 Å². The third-order valence-corrected chi connectivity index (χ3v) is 21.0. The second kappa shape index (κ2) is 82.0. The molecule has 0 aliphatic carbocycles. The molecule has 45 heteroatoms. The fourth-order valence-electron chi connectivity index (χ4n) is 14.3. The molecule has 40 nitrogen and oxygen atoms in total. The number of aliphatic hydroxyl groups is 1.